The van der Waals surface area contributed by atoms with Crippen LogP contribution in [0.3, 0.4) is 0 Å². The van der Waals surface area contributed by atoms with Gasteiger partial charge in [-0.2, -0.15) is 4.98 Å². The highest BCUT2D eigenvalue weighted by Crippen LogP contribution is 2.31. The minimum absolute atomic E-state index is 0.0555. The van der Waals surface area contributed by atoms with Crippen LogP contribution < -0.4 is 15.8 Å². The summed E-state index contributed by atoms with van der Waals surface area (Å²) in [6, 6.07) is 8.51. The molecule has 0 aliphatic heterocycles. The maximum absolute atomic E-state index is 12.9. The average Bonchev–Trinajstić information content (AvgIpc) is 3.36. The molecule has 0 spiro atoms. The van der Waals surface area contributed by atoms with E-state index in [0.29, 0.717) is 15.1 Å². The lowest BCUT2D eigenvalue weighted by Gasteiger charge is -2.15. The average molecular weight is 425 g/mol. The second-order valence-electron chi connectivity index (χ2n) is 6.53. The van der Waals surface area contributed by atoms with Gasteiger partial charge in [-0.05, 0) is 17.7 Å². The molecule has 9 nitrogen and oxygen atoms in total. The molecule has 4 rings (SSSR count). The largest absolute Gasteiger partial charge is 0.480 e. The number of nitrogens with one attached hydrogen (secondary N) is 2. The number of anilines is 1. The van der Waals surface area contributed by atoms with E-state index in [4.69, 9.17) is 15.2 Å². The van der Waals surface area contributed by atoms with Gasteiger partial charge in [-0.25, -0.2) is 9.78 Å². The van der Waals surface area contributed by atoms with Crippen LogP contribution in [0.5, 0.6) is 5.88 Å². The summed E-state index contributed by atoms with van der Waals surface area (Å²) in [7, 11) is 2.76. The van der Waals surface area contributed by atoms with Gasteiger partial charge in [0.25, 0.3) is 5.91 Å². The Morgan fingerprint density at radius 1 is 1.23 bits per heavy atom. The Morgan fingerprint density at radius 3 is 2.80 bits per heavy atom. The van der Waals surface area contributed by atoms with E-state index < -0.39 is 17.9 Å². The van der Waals surface area contributed by atoms with Crippen LogP contribution in [0.1, 0.15) is 15.2 Å². The summed E-state index contributed by atoms with van der Waals surface area (Å²) >= 11 is 1.14. The summed E-state index contributed by atoms with van der Waals surface area (Å²) < 4.78 is 10.1. The fraction of sp³-hybridized carbons (Fsp3) is 0.200. The van der Waals surface area contributed by atoms with Gasteiger partial charge in [-0.15, -0.1) is 11.3 Å². The third kappa shape index (κ3) is 3.64. The van der Waals surface area contributed by atoms with E-state index in [1.54, 1.807) is 6.07 Å². The molecule has 0 bridgehead atoms. The topological polar surface area (TPSA) is 132 Å². The zero-order valence-electron chi connectivity index (χ0n) is 16.3. The Morgan fingerprint density at radius 2 is 2.03 bits per heavy atom. The number of methoxy groups -OCH3 is 2. The summed E-state index contributed by atoms with van der Waals surface area (Å²) in [5.41, 5.74) is 7.54. The smallest absolute Gasteiger partial charge is 0.328 e. The molecule has 4 aromatic rings. The van der Waals surface area contributed by atoms with Crippen molar-refractivity contribution in [2.45, 2.75) is 12.5 Å². The Balaban J connectivity index is 1.61. The minimum atomic E-state index is -0.857. The Bertz CT molecular complexity index is 1250. The number of H-pyrrole nitrogens is 1. The Kier molecular flexibility index (Phi) is 5.23. The molecular formula is C20H19N5O4S. The van der Waals surface area contributed by atoms with Gasteiger partial charge in [0, 0.05) is 23.5 Å². The second kappa shape index (κ2) is 7.99. The molecule has 0 aliphatic rings. The Labute approximate surface area is 175 Å². The molecule has 0 fully saturated rings. The molecule has 1 unspecified atom stereocenters. The number of aromatic amines is 1. The van der Waals surface area contributed by atoms with Crippen LogP contribution in [-0.2, 0) is 16.0 Å². The number of nitrogen functional groups attached to an aromatic ring is 1. The second-order valence-corrected chi connectivity index (χ2v) is 7.56. The number of amides is 1. The van der Waals surface area contributed by atoms with Crippen LogP contribution in [0, 0.1) is 0 Å². The molecule has 154 valence electrons. The van der Waals surface area contributed by atoms with Crippen LogP contribution in [0.15, 0.2) is 36.5 Å². The highest BCUT2D eigenvalue weighted by Gasteiger charge is 2.25. The summed E-state index contributed by atoms with van der Waals surface area (Å²) in [6.45, 7) is 0. The van der Waals surface area contributed by atoms with E-state index in [1.807, 2.05) is 30.5 Å². The van der Waals surface area contributed by atoms with E-state index in [9.17, 15) is 9.59 Å². The van der Waals surface area contributed by atoms with Gasteiger partial charge in [0.15, 0.2) is 0 Å². The van der Waals surface area contributed by atoms with Crippen molar-refractivity contribution in [2.75, 3.05) is 20.0 Å². The number of aromatic nitrogens is 3. The monoisotopic (exact) mass is 425 g/mol. The number of hydrogen-bond donors (Lipinski definition) is 3. The summed E-state index contributed by atoms with van der Waals surface area (Å²) in [5, 5.41) is 4.32. The number of carbonyl (C=O) groups excluding carboxylic acids is 2. The van der Waals surface area contributed by atoms with Crippen molar-refractivity contribution in [3.63, 3.8) is 0 Å². The number of ether oxygens (including phenoxy) is 2. The number of thiophene rings is 1. The number of nitrogens with zero attached hydrogens (tertiary/aromatic N) is 2. The molecule has 4 N–H and O–H groups in total. The predicted octanol–water partition coefficient (Wildman–Crippen LogP) is 2.28. The van der Waals surface area contributed by atoms with Crippen LogP contribution in [0.2, 0.25) is 0 Å². The zero-order valence-corrected chi connectivity index (χ0v) is 17.1. The molecule has 0 radical (unpaired) electrons. The van der Waals surface area contributed by atoms with Gasteiger partial charge >= 0.3 is 5.97 Å². The quantitative estimate of drug-likeness (QED) is 0.404. The first-order chi connectivity index (χ1) is 14.5. The number of fused-ring (bicyclic) bond motifs is 2. The van der Waals surface area contributed by atoms with Crippen molar-refractivity contribution in [1.82, 2.24) is 20.3 Å². The standard InChI is InChI=1S/C20H19N5O4S/c1-28-17-12-8-15(30-18(12)25-20(21)24-17)16(26)23-14(19(27)29-2)7-10-9-22-13-6-4-3-5-11(10)13/h3-6,8-9,14,22H,7H2,1-2H3,(H,23,26)(H2,21,24,25). The highest BCUT2D eigenvalue weighted by molar-refractivity contribution is 7.20. The maximum atomic E-state index is 12.9. The SMILES string of the molecule is COC(=O)C(Cc1c[nH]c2ccccc12)NC(=O)c1cc2c(OC)nc(N)nc2s1. The molecule has 3 aromatic heterocycles. The first-order valence-corrected chi connectivity index (χ1v) is 9.86. The fourth-order valence-corrected chi connectivity index (χ4v) is 4.20. The predicted molar refractivity (Wildman–Crippen MR) is 114 cm³/mol. The van der Waals surface area contributed by atoms with Crippen molar-refractivity contribution >= 4 is 50.3 Å². The van der Waals surface area contributed by atoms with Crippen molar-refractivity contribution in [3.05, 3.63) is 47.0 Å². The summed E-state index contributed by atoms with van der Waals surface area (Å²) in [6.07, 6.45) is 2.11. The van der Waals surface area contributed by atoms with Gasteiger partial charge in [-0.1, -0.05) is 18.2 Å². The number of benzene rings is 1. The lowest BCUT2D eigenvalue weighted by Crippen LogP contribution is -2.42. The normalized spacial score (nSPS) is 12.1. The van der Waals surface area contributed by atoms with Crippen molar-refractivity contribution in [2.24, 2.45) is 0 Å². The number of para-hydroxylation sites is 1. The molecule has 10 heteroatoms. The first kappa shape index (κ1) is 19.6. The molecule has 0 aliphatic carbocycles. The van der Waals surface area contributed by atoms with Gasteiger partial charge in [0.2, 0.25) is 11.8 Å². The van der Waals surface area contributed by atoms with E-state index in [2.05, 4.69) is 20.3 Å². The molecular weight excluding hydrogens is 406 g/mol. The third-order valence-corrected chi connectivity index (χ3v) is 5.71. The molecule has 1 aromatic carbocycles. The van der Waals surface area contributed by atoms with Crippen molar-refractivity contribution in [1.29, 1.82) is 0 Å². The molecule has 30 heavy (non-hydrogen) atoms. The third-order valence-electron chi connectivity index (χ3n) is 4.68. The maximum Gasteiger partial charge on any atom is 0.328 e. The molecule has 0 saturated carbocycles. The van der Waals surface area contributed by atoms with E-state index >= 15 is 0 Å². The lowest BCUT2D eigenvalue weighted by molar-refractivity contribution is -0.142. The first-order valence-electron chi connectivity index (χ1n) is 9.05. The van der Waals surface area contributed by atoms with Gasteiger partial charge in [0.05, 0.1) is 24.5 Å². The Hall–Kier alpha value is -3.66. The summed E-state index contributed by atoms with van der Waals surface area (Å²) in [4.78, 5) is 37.4. The number of esters is 1. The van der Waals surface area contributed by atoms with Crippen LogP contribution in [0.4, 0.5) is 5.95 Å². The summed E-state index contributed by atoms with van der Waals surface area (Å²) in [5.74, 6) is -0.610. The number of carbonyl (C=O) groups is 2. The fourth-order valence-electron chi connectivity index (χ4n) is 3.26. The van der Waals surface area contributed by atoms with E-state index in [0.717, 1.165) is 27.8 Å². The van der Waals surface area contributed by atoms with Gasteiger partial charge in [-0.3, -0.25) is 4.79 Å². The van der Waals surface area contributed by atoms with Crippen LogP contribution >= 0.6 is 11.3 Å². The van der Waals surface area contributed by atoms with Crippen LogP contribution in [-0.4, -0.2) is 47.1 Å². The van der Waals surface area contributed by atoms with Gasteiger partial charge < -0.3 is 25.5 Å². The molecule has 1 amide bonds. The molecule has 1 atom stereocenters. The van der Waals surface area contributed by atoms with E-state index in [1.165, 1.54) is 14.2 Å². The van der Waals surface area contributed by atoms with Crippen molar-refractivity contribution in [3.8, 4) is 5.88 Å². The van der Waals surface area contributed by atoms with E-state index in [-0.39, 0.29) is 18.2 Å². The molecule has 0 saturated heterocycles. The number of nitrogens with two attached hydrogens (primary N) is 1. The van der Waals surface area contributed by atoms with Gasteiger partial charge in [0.1, 0.15) is 10.9 Å². The van der Waals surface area contributed by atoms with Crippen LogP contribution in [0.25, 0.3) is 21.1 Å². The van der Waals surface area contributed by atoms with Crippen molar-refractivity contribution < 1.29 is 19.1 Å². The molecule has 3 heterocycles. The lowest BCUT2D eigenvalue weighted by atomic mass is 10.0. The zero-order chi connectivity index (χ0) is 21.3. The minimum Gasteiger partial charge on any atom is -0.480 e. The number of hydrogen-bond acceptors (Lipinski definition) is 8. The highest BCUT2D eigenvalue weighted by atomic mass is 32.1. The number of rotatable bonds is 6.